The SMILES string of the molecule is CC(C)C(Cn1ncc2ccc3occc3c21)OS(C)(=O)=O. The van der Waals surface area contributed by atoms with E-state index in [2.05, 4.69) is 5.10 Å². The molecule has 0 aliphatic rings. The van der Waals surface area contributed by atoms with Gasteiger partial charge in [-0.1, -0.05) is 13.8 Å². The van der Waals surface area contributed by atoms with Crippen LogP contribution in [0.2, 0.25) is 0 Å². The van der Waals surface area contributed by atoms with Gasteiger partial charge in [-0.15, -0.1) is 0 Å². The first-order valence-corrected chi connectivity index (χ1v) is 8.87. The summed E-state index contributed by atoms with van der Waals surface area (Å²) in [4.78, 5) is 0. The summed E-state index contributed by atoms with van der Waals surface area (Å²) >= 11 is 0. The maximum absolute atomic E-state index is 11.4. The summed E-state index contributed by atoms with van der Waals surface area (Å²) in [6, 6.07) is 5.72. The molecule has 3 rings (SSSR count). The summed E-state index contributed by atoms with van der Waals surface area (Å²) in [5.74, 6) is 0.0394. The highest BCUT2D eigenvalue weighted by Crippen LogP contribution is 2.27. The lowest BCUT2D eigenvalue weighted by molar-refractivity contribution is 0.138. The van der Waals surface area contributed by atoms with Gasteiger partial charge in [0.25, 0.3) is 10.1 Å². The Morgan fingerprint density at radius 1 is 1.32 bits per heavy atom. The molecular formula is C15H18N2O4S. The molecule has 2 aromatic heterocycles. The third-order valence-corrected chi connectivity index (χ3v) is 4.22. The van der Waals surface area contributed by atoms with E-state index in [-0.39, 0.29) is 5.92 Å². The first-order chi connectivity index (χ1) is 10.3. The van der Waals surface area contributed by atoms with Crippen LogP contribution in [-0.4, -0.2) is 30.6 Å². The lowest BCUT2D eigenvalue weighted by Crippen LogP contribution is -2.28. The maximum Gasteiger partial charge on any atom is 0.264 e. The Bertz CT molecular complexity index is 908. The van der Waals surface area contributed by atoms with Crippen LogP contribution in [0.15, 0.2) is 35.1 Å². The third-order valence-electron chi connectivity index (χ3n) is 3.63. The molecule has 0 aliphatic heterocycles. The molecule has 0 fully saturated rings. The van der Waals surface area contributed by atoms with Crippen LogP contribution in [0.4, 0.5) is 0 Å². The largest absolute Gasteiger partial charge is 0.464 e. The average Bonchev–Trinajstić information content (AvgIpc) is 3.01. The molecule has 0 N–H and O–H groups in total. The Morgan fingerprint density at radius 2 is 2.09 bits per heavy atom. The molecule has 7 heteroatoms. The fourth-order valence-electron chi connectivity index (χ4n) is 2.51. The van der Waals surface area contributed by atoms with Gasteiger partial charge in [0.15, 0.2) is 0 Å². The maximum atomic E-state index is 11.4. The first-order valence-electron chi connectivity index (χ1n) is 7.05. The zero-order chi connectivity index (χ0) is 15.9. The normalized spacial score (nSPS) is 14.2. The minimum Gasteiger partial charge on any atom is -0.464 e. The van der Waals surface area contributed by atoms with Crippen LogP contribution in [0, 0.1) is 5.92 Å². The number of fused-ring (bicyclic) bond motifs is 3. The van der Waals surface area contributed by atoms with Crippen molar-refractivity contribution < 1.29 is 17.0 Å². The molecule has 6 nitrogen and oxygen atoms in total. The molecule has 2 heterocycles. The van der Waals surface area contributed by atoms with E-state index >= 15 is 0 Å². The summed E-state index contributed by atoms with van der Waals surface area (Å²) in [5.41, 5.74) is 1.70. The van der Waals surface area contributed by atoms with Crippen molar-refractivity contribution in [1.29, 1.82) is 0 Å². The number of furan rings is 1. The van der Waals surface area contributed by atoms with E-state index in [9.17, 15) is 8.42 Å². The fourth-order valence-corrected chi connectivity index (χ4v) is 3.25. The van der Waals surface area contributed by atoms with Gasteiger partial charge in [-0.2, -0.15) is 13.5 Å². The Balaban J connectivity index is 2.04. The minimum atomic E-state index is -3.52. The topological polar surface area (TPSA) is 74.3 Å². The lowest BCUT2D eigenvalue weighted by atomic mass is 10.1. The van der Waals surface area contributed by atoms with E-state index in [4.69, 9.17) is 8.60 Å². The van der Waals surface area contributed by atoms with E-state index in [1.807, 2.05) is 32.0 Å². The van der Waals surface area contributed by atoms with E-state index in [1.165, 1.54) is 0 Å². The van der Waals surface area contributed by atoms with Gasteiger partial charge in [0.1, 0.15) is 5.58 Å². The molecular weight excluding hydrogens is 304 g/mol. The number of hydrogen-bond donors (Lipinski definition) is 0. The number of nitrogens with zero attached hydrogens (tertiary/aromatic N) is 2. The van der Waals surface area contributed by atoms with Crippen molar-refractivity contribution in [3.8, 4) is 0 Å². The van der Waals surface area contributed by atoms with Gasteiger partial charge in [-0.05, 0) is 24.1 Å². The Kier molecular flexibility index (Phi) is 3.70. The predicted molar refractivity (Wildman–Crippen MR) is 84.1 cm³/mol. The Labute approximate surface area is 128 Å². The zero-order valence-electron chi connectivity index (χ0n) is 12.7. The summed E-state index contributed by atoms with van der Waals surface area (Å²) in [6.07, 6.45) is 3.99. The van der Waals surface area contributed by atoms with Crippen molar-refractivity contribution in [2.24, 2.45) is 5.92 Å². The van der Waals surface area contributed by atoms with Crippen molar-refractivity contribution in [1.82, 2.24) is 9.78 Å². The van der Waals surface area contributed by atoms with Gasteiger partial charge < -0.3 is 4.42 Å². The quantitative estimate of drug-likeness (QED) is 0.675. The molecule has 0 spiro atoms. The van der Waals surface area contributed by atoms with E-state index in [0.717, 1.165) is 28.1 Å². The molecule has 1 atom stereocenters. The average molecular weight is 322 g/mol. The van der Waals surface area contributed by atoms with Gasteiger partial charge in [0.05, 0.1) is 36.9 Å². The van der Waals surface area contributed by atoms with Crippen molar-refractivity contribution in [3.63, 3.8) is 0 Å². The molecule has 1 unspecified atom stereocenters. The first kappa shape index (κ1) is 15.1. The Morgan fingerprint density at radius 3 is 2.77 bits per heavy atom. The molecule has 0 saturated heterocycles. The summed E-state index contributed by atoms with van der Waals surface area (Å²) in [7, 11) is -3.52. The molecule has 0 bridgehead atoms. The van der Waals surface area contributed by atoms with Crippen LogP contribution < -0.4 is 0 Å². The van der Waals surface area contributed by atoms with Gasteiger partial charge >= 0.3 is 0 Å². The van der Waals surface area contributed by atoms with Crippen LogP contribution in [0.3, 0.4) is 0 Å². The van der Waals surface area contributed by atoms with E-state index in [1.54, 1.807) is 17.1 Å². The number of hydrogen-bond acceptors (Lipinski definition) is 5. The minimum absolute atomic E-state index is 0.0394. The van der Waals surface area contributed by atoms with Gasteiger partial charge in [0, 0.05) is 10.8 Å². The second-order valence-electron chi connectivity index (χ2n) is 5.75. The second-order valence-corrected chi connectivity index (χ2v) is 7.35. The predicted octanol–water partition coefficient (Wildman–Crippen LogP) is 2.78. The second kappa shape index (κ2) is 5.40. The molecule has 118 valence electrons. The van der Waals surface area contributed by atoms with Gasteiger partial charge in [-0.3, -0.25) is 8.86 Å². The molecule has 0 saturated carbocycles. The van der Waals surface area contributed by atoms with Crippen LogP contribution in [0.5, 0.6) is 0 Å². The zero-order valence-corrected chi connectivity index (χ0v) is 13.5. The Hall–Kier alpha value is -1.86. The lowest BCUT2D eigenvalue weighted by Gasteiger charge is -2.20. The van der Waals surface area contributed by atoms with Gasteiger partial charge in [0.2, 0.25) is 0 Å². The third kappa shape index (κ3) is 2.86. The molecule has 0 radical (unpaired) electrons. The molecule has 0 aliphatic carbocycles. The summed E-state index contributed by atoms with van der Waals surface area (Å²) in [6.45, 7) is 4.21. The highest BCUT2D eigenvalue weighted by atomic mass is 32.2. The summed E-state index contributed by atoms with van der Waals surface area (Å²) in [5, 5.41) is 6.32. The van der Waals surface area contributed by atoms with Crippen LogP contribution in [0.25, 0.3) is 21.9 Å². The van der Waals surface area contributed by atoms with Crippen LogP contribution in [-0.2, 0) is 20.8 Å². The van der Waals surface area contributed by atoms with Crippen molar-refractivity contribution in [2.75, 3.05) is 6.26 Å². The number of aromatic nitrogens is 2. The van der Waals surface area contributed by atoms with Crippen molar-refractivity contribution in [2.45, 2.75) is 26.5 Å². The number of rotatable bonds is 5. The van der Waals surface area contributed by atoms with Crippen molar-refractivity contribution >= 4 is 32.0 Å². The standard InChI is InChI=1S/C15H18N2O4S/c1-10(2)14(21-22(3,18)19)9-17-15-11(8-16-17)4-5-13-12(15)6-7-20-13/h4-8,10,14H,9H2,1-3H3. The monoisotopic (exact) mass is 322 g/mol. The van der Waals surface area contributed by atoms with Crippen LogP contribution >= 0.6 is 0 Å². The van der Waals surface area contributed by atoms with Gasteiger partial charge in [-0.25, -0.2) is 0 Å². The van der Waals surface area contributed by atoms with E-state index < -0.39 is 16.2 Å². The molecule has 1 aromatic carbocycles. The van der Waals surface area contributed by atoms with E-state index in [0.29, 0.717) is 6.54 Å². The van der Waals surface area contributed by atoms with Crippen LogP contribution in [0.1, 0.15) is 13.8 Å². The van der Waals surface area contributed by atoms with Crippen molar-refractivity contribution in [3.05, 3.63) is 30.7 Å². The summed E-state index contributed by atoms with van der Waals surface area (Å²) < 4.78 is 35.3. The molecule has 0 amide bonds. The highest BCUT2D eigenvalue weighted by molar-refractivity contribution is 7.86. The highest BCUT2D eigenvalue weighted by Gasteiger charge is 2.22. The fraction of sp³-hybridized carbons (Fsp3) is 0.400. The smallest absolute Gasteiger partial charge is 0.264 e. The molecule has 22 heavy (non-hydrogen) atoms. The number of benzene rings is 1. The molecule has 3 aromatic rings.